The first-order valence-corrected chi connectivity index (χ1v) is 22.2. The molecule has 12 N–H and O–H groups in total. The number of carbonyl (C=O) groups is 7. The van der Waals surface area contributed by atoms with Crippen molar-refractivity contribution in [3.63, 3.8) is 0 Å². The fourth-order valence-corrected chi connectivity index (χ4v) is 8.71. The highest BCUT2D eigenvalue weighted by Gasteiger charge is 2.45. The van der Waals surface area contributed by atoms with E-state index in [1.165, 1.54) is 30.9 Å². The quantitative estimate of drug-likeness (QED) is 0.123. The normalized spacial score (nSPS) is 28.7. The molecule has 6 rings (SSSR count). The monoisotopic (exact) mass is 906 g/mol. The van der Waals surface area contributed by atoms with Crippen LogP contribution in [-0.4, -0.2) is 178 Å². The van der Waals surface area contributed by atoms with Gasteiger partial charge in [-0.15, -0.1) is 0 Å². The maximum Gasteiger partial charge on any atom is 0.251 e. The summed E-state index contributed by atoms with van der Waals surface area (Å²) in [4.78, 5) is 103. The van der Waals surface area contributed by atoms with Gasteiger partial charge in [-0.3, -0.25) is 33.6 Å². The summed E-state index contributed by atoms with van der Waals surface area (Å²) in [6.45, 7) is 5.31. The van der Waals surface area contributed by atoms with E-state index in [-0.39, 0.29) is 69.5 Å². The Labute approximate surface area is 376 Å². The number of phenols is 1. The minimum Gasteiger partial charge on any atom is -0.508 e. The summed E-state index contributed by atoms with van der Waals surface area (Å²) in [5, 5.41) is 58.9. The zero-order chi connectivity index (χ0) is 46.9. The van der Waals surface area contributed by atoms with Crippen molar-refractivity contribution >= 4 is 47.0 Å². The zero-order valence-electron chi connectivity index (χ0n) is 36.7. The molecule has 7 amide bonds. The molecule has 21 heteroatoms. The first-order valence-electron chi connectivity index (χ1n) is 22.2. The number of phenolic OH excluding ortho intramolecular Hbond substituents is 1. The number of nitrogens with two attached hydrogens (primary N) is 1. The Balaban J connectivity index is 1.30. The van der Waals surface area contributed by atoms with Crippen molar-refractivity contribution in [1.82, 2.24) is 41.7 Å². The van der Waals surface area contributed by atoms with Crippen molar-refractivity contribution in [3.05, 3.63) is 59.7 Å². The van der Waals surface area contributed by atoms with Gasteiger partial charge in [-0.05, 0) is 87.9 Å². The molecule has 0 unspecified atom stereocenters. The largest absolute Gasteiger partial charge is 0.508 e. The predicted octanol–water partition coefficient (Wildman–Crippen LogP) is -3.45. The Kier molecular flexibility index (Phi) is 16.4. The van der Waals surface area contributed by atoms with E-state index >= 15 is 0 Å². The first kappa shape index (κ1) is 48.6. The molecule has 0 bridgehead atoms. The number of aliphatic hydroxyl groups excluding tert-OH is 3. The van der Waals surface area contributed by atoms with Crippen molar-refractivity contribution in [3.8, 4) is 5.75 Å². The zero-order valence-corrected chi connectivity index (χ0v) is 36.7. The molecule has 0 radical (unpaired) electrons. The molecule has 0 saturated carbocycles. The molecule has 21 nitrogen and oxygen atoms in total. The number of nitrogens with zero attached hydrogens (tertiary/aromatic N) is 3. The maximum atomic E-state index is 14.3. The summed E-state index contributed by atoms with van der Waals surface area (Å²) in [6, 6.07) is 4.00. The third-order valence-electron chi connectivity index (χ3n) is 12.4. The van der Waals surface area contributed by atoms with Crippen molar-refractivity contribution < 1.29 is 54.0 Å². The van der Waals surface area contributed by atoms with Gasteiger partial charge in [0.2, 0.25) is 35.4 Å². The lowest BCUT2D eigenvalue weighted by molar-refractivity contribution is -0.145. The van der Waals surface area contributed by atoms with Gasteiger partial charge in [-0.2, -0.15) is 0 Å². The van der Waals surface area contributed by atoms with Gasteiger partial charge in [0.15, 0.2) is 0 Å². The van der Waals surface area contributed by atoms with E-state index in [0.717, 1.165) is 36.8 Å². The van der Waals surface area contributed by atoms with Crippen molar-refractivity contribution in [2.24, 2.45) is 5.73 Å². The summed E-state index contributed by atoms with van der Waals surface area (Å²) in [5.74, 6) is -5.47. The fourth-order valence-electron chi connectivity index (χ4n) is 8.71. The topological polar surface area (TPSA) is 308 Å². The Hall–Kier alpha value is -5.87. The number of aliphatic hydroxyl groups is 3. The molecule has 0 aliphatic carbocycles. The number of amides is 7. The third kappa shape index (κ3) is 12.3. The Morgan fingerprint density at radius 1 is 0.769 bits per heavy atom. The van der Waals surface area contributed by atoms with E-state index < -0.39 is 102 Å². The average molecular weight is 907 g/mol. The number of anilines is 1. The molecular weight excluding hydrogens is 845 g/mol. The number of hydrogen-bond donors (Lipinski definition) is 11. The Morgan fingerprint density at radius 2 is 1.37 bits per heavy atom. The molecule has 4 heterocycles. The van der Waals surface area contributed by atoms with Crippen LogP contribution in [0.1, 0.15) is 61.9 Å². The van der Waals surface area contributed by atoms with E-state index in [1.807, 2.05) is 0 Å². The van der Waals surface area contributed by atoms with Crippen LogP contribution < -0.4 is 42.5 Å². The molecule has 4 aliphatic heterocycles. The van der Waals surface area contributed by atoms with E-state index in [2.05, 4.69) is 36.8 Å². The number of aromatic hydroxyl groups is 1. The Bertz CT molecular complexity index is 2030. The second-order valence-corrected chi connectivity index (χ2v) is 17.4. The van der Waals surface area contributed by atoms with Gasteiger partial charge in [-0.25, -0.2) is 0 Å². The molecule has 2 aromatic rings. The smallest absolute Gasteiger partial charge is 0.251 e. The van der Waals surface area contributed by atoms with Crippen molar-refractivity contribution in [1.29, 1.82) is 0 Å². The van der Waals surface area contributed by atoms with Gasteiger partial charge in [0.05, 0.1) is 18.3 Å². The minimum atomic E-state index is -1.65. The maximum absolute atomic E-state index is 14.3. The van der Waals surface area contributed by atoms with Crippen LogP contribution >= 0.6 is 0 Å². The summed E-state index contributed by atoms with van der Waals surface area (Å²) in [5.41, 5.74) is 8.10. The highest BCUT2D eigenvalue weighted by atomic mass is 16.3. The second kappa shape index (κ2) is 21.9. The van der Waals surface area contributed by atoms with Crippen LogP contribution in [0.15, 0.2) is 48.5 Å². The molecular formula is C44H62N10O11. The summed E-state index contributed by atoms with van der Waals surface area (Å²) < 4.78 is 0. The predicted molar refractivity (Wildman–Crippen MR) is 235 cm³/mol. The first-order chi connectivity index (χ1) is 31.0. The van der Waals surface area contributed by atoms with E-state index in [1.54, 1.807) is 36.4 Å². The van der Waals surface area contributed by atoms with Crippen LogP contribution in [0.2, 0.25) is 0 Å². The van der Waals surface area contributed by atoms with Gasteiger partial charge < -0.3 is 72.8 Å². The van der Waals surface area contributed by atoms with Gasteiger partial charge in [0, 0.05) is 69.5 Å². The molecule has 65 heavy (non-hydrogen) atoms. The van der Waals surface area contributed by atoms with Crippen LogP contribution in [0.5, 0.6) is 5.75 Å². The molecule has 354 valence electrons. The van der Waals surface area contributed by atoms with Gasteiger partial charge in [0.1, 0.15) is 42.0 Å². The molecule has 2 aromatic carbocycles. The number of nitrogens with one attached hydrogen (secondary N) is 6. The van der Waals surface area contributed by atoms with Gasteiger partial charge >= 0.3 is 0 Å². The lowest BCUT2D eigenvalue weighted by Gasteiger charge is -2.32. The molecule has 0 spiro atoms. The van der Waals surface area contributed by atoms with Crippen molar-refractivity contribution in [2.75, 3.05) is 50.7 Å². The van der Waals surface area contributed by atoms with Crippen LogP contribution in [0.4, 0.5) is 5.69 Å². The number of benzene rings is 2. The van der Waals surface area contributed by atoms with E-state index in [0.29, 0.717) is 5.56 Å². The highest BCUT2D eigenvalue weighted by Crippen LogP contribution is 2.23. The minimum absolute atomic E-state index is 0.00786. The molecule has 4 saturated heterocycles. The number of aryl methyl sites for hydroxylation is 1. The second-order valence-electron chi connectivity index (χ2n) is 17.4. The van der Waals surface area contributed by atoms with Crippen molar-refractivity contribution in [2.45, 2.75) is 113 Å². The average Bonchev–Trinajstić information content (AvgIpc) is 3.89. The Morgan fingerprint density at radius 3 is 2.00 bits per heavy atom. The number of piperazine rings is 1. The van der Waals surface area contributed by atoms with Gasteiger partial charge in [-0.1, -0.05) is 12.1 Å². The summed E-state index contributed by atoms with van der Waals surface area (Å²) in [6.07, 6.45) is -4.22. The lowest BCUT2D eigenvalue weighted by Crippen LogP contribution is -2.61. The fraction of sp³-hybridized carbons (Fsp3) is 0.568. The van der Waals surface area contributed by atoms with Gasteiger partial charge in [0.25, 0.3) is 5.91 Å². The standard InChI is InChI=1S/C44H62N10O11/c1-24(55)36-43(64)53-22-28(45)20-34(53)41(62)47-15-3-4-32(48-38(59)27-8-10-29(11-9-27)52-18-16-46-17-19-52)39(60)50-37(25(2)56)44(65)54-23-31(58)21-35(54)42(63)49-33(40(61)51-36)14-7-26-5-12-30(57)13-6-26/h5-6,8-13,24-25,28,31-37,46,55-58H,3-4,7,14-23,45H2,1-2H3,(H,47,62)(H,48,59)(H,49,63)(H,50,60)(H,51,61)/t24-,25-,28+,31-,32+,33+,34+,35+,36+,37+/m1/s1. The van der Waals surface area contributed by atoms with Crippen LogP contribution in [0.3, 0.4) is 0 Å². The van der Waals surface area contributed by atoms with Crippen LogP contribution in [0.25, 0.3) is 0 Å². The SMILES string of the molecule is C[C@@H](O)[C@@H]1NC(=O)[C@H](CCc2ccc(O)cc2)NC(=O)[C@@H]2C[C@@H](O)CN2C(=O)[C@H]([C@@H](C)O)NC(=O)[C@@H](NC(=O)c2ccc(N3CCNCC3)cc2)CCCNC(=O)[C@@H]2C[C@H](N)CN2C1=O. The summed E-state index contributed by atoms with van der Waals surface area (Å²) in [7, 11) is 0. The molecule has 0 aromatic heterocycles. The third-order valence-corrected chi connectivity index (χ3v) is 12.4. The number of fused-ring (bicyclic) bond motifs is 2. The molecule has 4 fully saturated rings. The number of carbonyl (C=O) groups excluding carboxylic acids is 7. The van der Waals surface area contributed by atoms with Crippen LogP contribution in [-0.2, 0) is 35.2 Å². The number of hydrogen-bond acceptors (Lipinski definition) is 14. The van der Waals surface area contributed by atoms with E-state index in [9.17, 15) is 54.0 Å². The summed E-state index contributed by atoms with van der Waals surface area (Å²) >= 11 is 0. The number of rotatable bonds is 8. The van der Waals surface area contributed by atoms with Crippen LogP contribution in [0, 0.1) is 0 Å². The molecule has 4 aliphatic rings. The van der Waals surface area contributed by atoms with E-state index in [4.69, 9.17) is 5.73 Å². The lowest BCUT2D eigenvalue weighted by atomic mass is 10.0. The highest BCUT2D eigenvalue weighted by molar-refractivity contribution is 6.00. The molecule has 10 atom stereocenters.